The predicted octanol–water partition coefficient (Wildman–Crippen LogP) is 1.79. The molecule has 1 aliphatic carbocycles. The summed E-state index contributed by atoms with van der Waals surface area (Å²) in [7, 11) is 0. The molecule has 106 valence electrons. The van der Waals surface area contributed by atoms with Crippen molar-refractivity contribution in [3.05, 3.63) is 0 Å². The van der Waals surface area contributed by atoms with Crippen LogP contribution in [0.25, 0.3) is 0 Å². The van der Waals surface area contributed by atoms with E-state index in [0.29, 0.717) is 25.0 Å². The van der Waals surface area contributed by atoms with E-state index in [0.717, 1.165) is 25.9 Å². The first-order chi connectivity index (χ1) is 9.07. The number of amides is 2. The fourth-order valence-electron chi connectivity index (χ4n) is 3.34. The van der Waals surface area contributed by atoms with Crippen LogP contribution >= 0.6 is 0 Å². The van der Waals surface area contributed by atoms with Crippen molar-refractivity contribution in [3.8, 4) is 6.07 Å². The third kappa shape index (κ3) is 2.84. The van der Waals surface area contributed by atoms with Gasteiger partial charge in [0.2, 0.25) is 0 Å². The molecule has 0 aromatic rings. The fraction of sp³-hybridized carbons (Fsp3) is 0.857. The van der Waals surface area contributed by atoms with Crippen molar-refractivity contribution in [1.82, 2.24) is 10.6 Å². The zero-order valence-corrected chi connectivity index (χ0v) is 11.7. The lowest BCUT2D eigenvalue weighted by molar-refractivity contribution is -0.108. The molecule has 2 amide bonds. The third-order valence-electron chi connectivity index (χ3n) is 4.39. The summed E-state index contributed by atoms with van der Waals surface area (Å²) in [5.74, 6) is 0.472. The Morgan fingerprint density at radius 3 is 3.00 bits per heavy atom. The molecule has 0 bridgehead atoms. The van der Waals surface area contributed by atoms with Crippen molar-refractivity contribution in [2.24, 2.45) is 11.3 Å². The molecule has 2 fully saturated rings. The summed E-state index contributed by atoms with van der Waals surface area (Å²) in [5.41, 5.74) is 0.0271. The van der Waals surface area contributed by atoms with Crippen LogP contribution in [0, 0.1) is 22.7 Å². The molecule has 2 aliphatic rings. The van der Waals surface area contributed by atoms with E-state index in [4.69, 9.17) is 10.00 Å². The van der Waals surface area contributed by atoms with Gasteiger partial charge in [-0.3, -0.25) is 0 Å². The average molecular weight is 265 g/mol. The first-order valence-electron chi connectivity index (χ1n) is 7.10. The van der Waals surface area contributed by atoms with Crippen LogP contribution in [-0.2, 0) is 4.74 Å². The lowest BCUT2D eigenvalue weighted by Gasteiger charge is -2.54. The highest BCUT2D eigenvalue weighted by Crippen LogP contribution is 2.51. The zero-order valence-electron chi connectivity index (χ0n) is 11.7. The number of carbonyl (C=O) groups excluding carboxylic acids is 1. The molecule has 2 N–H and O–H groups in total. The molecule has 1 heterocycles. The molecule has 5 heteroatoms. The second kappa shape index (κ2) is 5.79. The fourth-order valence-corrected chi connectivity index (χ4v) is 3.34. The monoisotopic (exact) mass is 265 g/mol. The quantitative estimate of drug-likeness (QED) is 0.744. The molecule has 19 heavy (non-hydrogen) atoms. The maximum Gasteiger partial charge on any atom is 0.315 e. The van der Waals surface area contributed by atoms with Gasteiger partial charge in [-0.2, -0.15) is 5.26 Å². The number of hydrogen-bond acceptors (Lipinski definition) is 3. The van der Waals surface area contributed by atoms with Crippen LogP contribution in [0.1, 0.15) is 39.5 Å². The molecule has 1 saturated heterocycles. The van der Waals surface area contributed by atoms with Gasteiger partial charge in [-0.05, 0) is 19.3 Å². The maximum atomic E-state index is 11.8. The summed E-state index contributed by atoms with van der Waals surface area (Å²) in [6.45, 7) is 5.74. The highest BCUT2D eigenvalue weighted by molar-refractivity contribution is 5.74. The summed E-state index contributed by atoms with van der Waals surface area (Å²) >= 11 is 0. The highest BCUT2D eigenvalue weighted by Gasteiger charge is 2.59. The van der Waals surface area contributed by atoms with E-state index in [1.54, 1.807) is 0 Å². The number of nitrogens with one attached hydrogen (secondary N) is 2. The molecular weight excluding hydrogens is 242 g/mol. The van der Waals surface area contributed by atoms with Gasteiger partial charge in [0.25, 0.3) is 0 Å². The SMILES string of the molecule is CC1(C)[C@H](NC(=O)NCCCCC#N)[C@H]2CCO[C@@H]21. The minimum absolute atomic E-state index is 0.0271. The predicted molar refractivity (Wildman–Crippen MR) is 71.4 cm³/mol. The Labute approximate surface area is 114 Å². The van der Waals surface area contributed by atoms with Crippen LogP contribution in [0.15, 0.2) is 0 Å². The largest absolute Gasteiger partial charge is 0.377 e. The van der Waals surface area contributed by atoms with Gasteiger partial charge < -0.3 is 15.4 Å². The van der Waals surface area contributed by atoms with Gasteiger partial charge in [0.05, 0.1) is 12.2 Å². The van der Waals surface area contributed by atoms with Crippen molar-refractivity contribution < 1.29 is 9.53 Å². The number of fused-ring (bicyclic) bond motifs is 1. The summed E-state index contributed by atoms with van der Waals surface area (Å²) in [5, 5.41) is 14.3. The zero-order chi connectivity index (χ0) is 13.9. The lowest BCUT2D eigenvalue weighted by Crippen LogP contribution is -2.67. The normalized spacial score (nSPS) is 30.9. The Balaban J connectivity index is 1.69. The molecule has 0 aromatic heterocycles. The number of urea groups is 1. The van der Waals surface area contributed by atoms with E-state index < -0.39 is 0 Å². The topological polar surface area (TPSA) is 74.2 Å². The number of nitrogens with zero attached hydrogens (tertiary/aromatic N) is 1. The van der Waals surface area contributed by atoms with E-state index in [9.17, 15) is 4.79 Å². The van der Waals surface area contributed by atoms with E-state index in [1.807, 2.05) is 0 Å². The molecule has 0 radical (unpaired) electrons. The number of rotatable bonds is 5. The Hall–Kier alpha value is -1.28. The number of carbonyl (C=O) groups is 1. The Bertz CT molecular complexity index is 375. The summed E-state index contributed by atoms with van der Waals surface area (Å²) in [4.78, 5) is 11.8. The molecule has 5 nitrogen and oxygen atoms in total. The standard InChI is InChI=1S/C14H23N3O2/c1-14(2)11(10-6-9-19-12(10)14)17-13(18)16-8-5-3-4-7-15/h10-12H,3-6,8-9H2,1-2H3,(H2,16,17,18)/t10-,11-,12+/m1/s1. The van der Waals surface area contributed by atoms with E-state index in [-0.39, 0.29) is 17.5 Å². The van der Waals surface area contributed by atoms with Gasteiger partial charge >= 0.3 is 6.03 Å². The molecule has 0 aromatic carbocycles. The highest BCUT2D eigenvalue weighted by atomic mass is 16.5. The molecule has 3 atom stereocenters. The second-order valence-electron chi connectivity index (χ2n) is 6.06. The van der Waals surface area contributed by atoms with Crippen molar-refractivity contribution >= 4 is 6.03 Å². The number of nitriles is 1. The second-order valence-corrected chi connectivity index (χ2v) is 6.06. The first-order valence-corrected chi connectivity index (χ1v) is 7.10. The Morgan fingerprint density at radius 1 is 1.47 bits per heavy atom. The summed E-state index contributed by atoms with van der Waals surface area (Å²) in [6, 6.07) is 2.21. The Morgan fingerprint density at radius 2 is 2.26 bits per heavy atom. The minimum Gasteiger partial charge on any atom is -0.377 e. The Kier molecular flexibility index (Phi) is 4.31. The molecular formula is C14H23N3O2. The van der Waals surface area contributed by atoms with Gasteiger partial charge in [0, 0.05) is 36.9 Å². The minimum atomic E-state index is -0.0969. The van der Waals surface area contributed by atoms with Crippen LogP contribution < -0.4 is 10.6 Å². The summed E-state index contributed by atoms with van der Waals surface area (Å²) < 4.78 is 5.70. The van der Waals surface area contributed by atoms with Crippen molar-refractivity contribution in [2.45, 2.75) is 51.7 Å². The van der Waals surface area contributed by atoms with E-state index in [1.165, 1.54) is 0 Å². The van der Waals surface area contributed by atoms with Crippen LogP contribution in [-0.4, -0.2) is 31.3 Å². The van der Waals surface area contributed by atoms with Gasteiger partial charge in [-0.15, -0.1) is 0 Å². The number of ether oxygens (including phenoxy) is 1. The molecule has 0 unspecified atom stereocenters. The first kappa shape index (κ1) is 14.1. The van der Waals surface area contributed by atoms with E-state index >= 15 is 0 Å². The number of hydrogen-bond donors (Lipinski definition) is 2. The number of unbranched alkanes of at least 4 members (excludes halogenated alkanes) is 2. The average Bonchev–Trinajstić information content (AvgIpc) is 2.82. The molecule has 1 saturated carbocycles. The maximum absolute atomic E-state index is 11.8. The van der Waals surface area contributed by atoms with Crippen molar-refractivity contribution in [1.29, 1.82) is 5.26 Å². The summed E-state index contributed by atoms with van der Waals surface area (Å²) in [6.07, 6.45) is 3.59. The van der Waals surface area contributed by atoms with Crippen LogP contribution in [0.2, 0.25) is 0 Å². The molecule has 2 rings (SSSR count). The van der Waals surface area contributed by atoms with Crippen molar-refractivity contribution in [2.75, 3.05) is 13.2 Å². The van der Waals surface area contributed by atoms with Crippen LogP contribution in [0.5, 0.6) is 0 Å². The molecule has 1 aliphatic heterocycles. The van der Waals surface area contributed by atoms with Gasteiger partial charge in [-0.1, -0.05) is 13.8 Å². The van der Waals surface area contributed by atoms with Gasteiger partial charge in [0.1, 0.15) is 0 Å². The smallest absolute Gasteiger partial charge is 0.315 e. The van der Waals surface area contributed by atoms with Crippen LogP contribution in [0.4, 0.5) is 4.79 Å². The van der Waals surface area contributed by atoms with Gasteiger partial charge in [0.15, 0.2) is 0 Å². The van der Waals surface area contributed by atoms with E-state index in [2.05, 4.69) is 30.6 Å². The van der Waals surface area contributed by atoms with Crippen molar-refractivity contribution in [3.63, 3.8) is 0 Å². The van der Waals surface area contributed by atoms with Crippen LogP contribution in [0.3, 0.4) is 0 Å². The molecule has 0 spiro atoms. The van der Waals surface area contributed by atoms with Gasteiger partial charge in [-0.25, -0.2) is 4.79 Å². The lowest BCUT2D eigenvalue weighted by atomic mass is 9.57. The third-order valence-corrected chi connectivity index (χ3v) is 4.39.